The smallest absolute Gasteiger partial charge is 0.315 e. The van der Waals surface area contributed by atoms with Crippen molar-refractivity contribution < 1.29 is 19.0 Å². The molecule has 8 nitrogen and oxygen atoms in total. The average molecular weight is 418 g/mol. The van der Waals surface area contributed by atoms with Gasteiger partial charge in [-0.15, -0.1) is 0 Å². The minimum Gasteiger partial charge on any atom is -0.496 e. The Morgan fingerprint density at radius 3 is 2.74 bits per heavy atom. The highest BCUT2D eigenvalue weighted by atomic mass is 16.5. The van der Waals surface area contributed by atoms with E-state index in [4.69, 9.17) is 19.5 Å². The fraction of sp³-hybridized carbons (Fsp3) is 0.348. The van der Waals surface area contributed by atoms with Crippen molar-refractivity contribution in [2.45, 2.75) is 26.2 Å². The van der Waals surface area contributed by atoms with Gasteiger partial charge >= 0.3 is 5.97 Å². The molecule has 158 valence electrons. The van der Waals surface area contributed by atoms with Crippen LogP contribution in [0.2, 0.25) is 0 Å². The summed E-state index contributed by atoms with van der Waals surface area (Å²) in [5.74, 6) is -0.977. The van der Waals surface area contributed by atoms with Crippen molar-refractivity contribution in [1.29, 1.82) is 10.5 Å². The first-order valence-corrected chi connectivity index (χ1v) is 9.84. The molecular formula is C23H22N4O4. The van der Waals surface area contributed by atoms with Crippen LogP contribution >= 0.6 is 0 Å². The molecule has 1 aliphatic heterocycles. The number of hydrogen-bond donors (Lipinski definition) is 0. The second-order valence-electron chi connectivity index (χ2n) is 6.83. The zero-order valence-corrected chi connectivity index (χ0v) is 17.6. The number of rotatable bonds is 7. The summed E-state index contributed by atoms with van der Waals surface area (Å²) in [6, 6.07) is 10.9. The lowest BCUT2D eigenvalue weighted by molar-refractivity contribution is -0.146. The predicted molar refractivity (Wildman–Crippen MR) is 112 cm³/mol. The molecule has 0 spiro atoms. The topological polar surface area (TPSA) is 118 Å². The molecule has 8 heteroatoms. The number of hydrogen-bond acceptors (Lipinski definition) is 8. The van der Waals surface area contributed by atoms with Crippen LogP contribution in [0.3, 0.4) is 0 Å². The summed E-state index contributed by atoms with van der Waals surface area (Å²) < 4.78 is 16.7. The number of aliphatic imine (C=N–C) groups is 1. The van der Waals surface area contributed by atoms with Gasteiger partial charge in [0, 0.05) is 29.0 Å². The minimum absolute atomic E-state index is 0.00540. The Bertz CT molecular complexity index is 1100. The first kappa shape index (κ1) is 21.8. The third-order valence-electron chi connectivity index (χ3n) is 5.01. The highest BCUT2D eigenvalue weighted by molar-refractivity contribution is 6.05. The van der Waals surface area contributed by atoms with Crippen LogP contribution in [-0.2, 0) is 9.53 Å². The van der Waals surface area contributed by atoms with E-state index in [-0.39, 0.29) is 13.0 Å². The molecule has 1 aromatic heterocycles. The molecule has 1 aromatic carbocycles. The van der Waals surface area contributed by atoms with Gasteiger partial charge in [-0.1, -0.05) is 6.07 Å². The first-order valence-electron chi connectivity index (χ1n) is 9.84. The summed E-state index contributed by atoms with van der Waals surface area (Å²) in [5, 5.41) is 18.1. The third kappa shape index (κ3) is 4.34. The lowest BCUT2D eigenvalue weighted by Gasteiger charge is -2.32. The highest BCUT2D eigenvalue weighted by Gasteiger charge is 2.42. The van der Waals surface area contributed by atoms with Gasteiger partial charge in [-0.3, -0.25) is 9.79 Å². The summed E-state index contributed by atoms with van der Waals surface area (Å²) in [5.41, 5.74) is 2.99. The van der Waals surface area contributed by atoms with Gasteiger partial charge in [-0.05, 0) is 32.0 Å². The Hall–Kier alpha value is -3.91. The summed E-state index contributed by atoms with van der Waals surface area (Å²) >= 11 is 0. The number of pyridine rings is 1. The van der Waals surface area contributed by atoms with E-state index in [1.54, 1.807) is 37.4 Å². The van der Waals surface area contributed by atoms with Crippen LogP contribution in [0.25, 0.3) is 0 Å². The molecule has 0 bridgehead atoms. The van der Waals surface area contributed by atoms with Crippen LogP contribution in [-0.4, -0.2) is 37.0 Å². The van der Waals surface area contributed by atoms with Crippen molar-refractivity contribution in [1.82, 2.24) is 4.98 Å². The summed E-state index contributed by atoms with van der Waals surface area (Å²) in [6.07, 6.45) is 1.71. The molecule has 1 aliphatic rings. The molecule has 0 saturated heterocycles. The van der Waals surface area contributed by atoms with Gasteiger partial charge in [0.2, 0.25) is 5.88 Å². The zero-order chi connectivity index (χ0) is 22.4. The molecule has 3 rings (SSSR count). The molecule has 2 heterocycles. The van der Waals surface area contributed by atoms with Gasteiger partial charge < -0.3 is 14.2 Å². The predicted octanol–water partition coefficient (Wildman–Crippen LogP) is 3.67. The van der Waals surface area contributed by atoms with Gasteiger partial charge in [0.15, 0.2) is 0 Å². The van der Waals surface area contributed by atoms with Gasteiger partial charge in [0.1, 0.15) is 18.3 Å². The zero-order valence-electron chi connectivity index (χ0n) is 17.6. The van der Waals surface area contributed by atoms with Gasteiger partial charge in [-0.25, -0.2) is 4.98 Å². The fourth-order valence-electron chi connectivity index (χ4n) is 3.72. The summed E-state index contributed by atoms with van der Waals surface area (Å²) in [7, 11) is 1.51. The van der Waals surface area contributed by atoms with Gasteiger partial charge in [0.25, 0.3) is 0 Å². The van der Waals surface area contributed by atoms with Crippen molar-refractivity contribution >= 4 is 17.4 Å². The van der Waals surface area contributed by atoms with E-state index in [0.29, 0.717) is 46.3 Å². The number of methoxy groups -OCH3 is 1. The Labute approximate surface area is 180 Å². The number of ether oxygens (including phenoxy) is 3. The van der Waals surface area contributed by atoms with Crippen molar-refractivity contribution in [3.8, 4) is 23.8 Å². The number of aromatic nitrogens is 1. The van der Waals surface area contributed by atoms with Crippen LogP contribution in [0.1, 0.15) is 42.9 Å². The highest BCUT2D eigenvalue weighted by Crippen LogP contribution is 2.48. The molecule has 0 fully saturated rings. The average Bonchev–Trinajstić information content (AvgIpc) is 2.78. The Morgan fingerprint density at radius 2 is 2.06 bits per heavy atom. The Kier molecular flexibility index (Phi) is 6.84. The van der Waals surface area contributed by atoms with E-state index < -0.39 is 17.8 Å². The van der Waals surface area contributed by atoms with E-state index in [0.717, 1.165) is 0 Å². The molecule has 0 radical (unpaired) electrons. The molecule has 31 heavy (non-hydrogen) atoms. The van der Waals surface area contributed by atoms with Crippen molar-refractivity contribution in [3.63, 3.8) is 0 Å². The maximum absolute atomic E-state index is 13.1. The summed E-state index contributed by atoms with van der Waals surface area (Å²) in [6.45, 7) is 4.00. The van der Waals surface area contributed by atoms with Crippen LogP contribution in [0, 0.1) is 28.6 Å². The monoisotopic (exact) mass is 418 g/mol. The lowest BCUT2D eigenvalue weighted by atomic mass is 9.75. The lowest BCUT2D eigenvalue weighted by Crippen LogP contribution is -2.34. The number of esters is 1. The first-order chi connectivity index (χ1) is 15.0. The number of fused-ring (bicyclic) bond motifs is 1. The van der Waals surface area contributed by atoms with E-state index >= 15 is 0 Å². The molecule has 2 aromatic rings. The molecule has 0 N–H and O–H groups in total. The second-order valence-corrected chi connectivity index (χ2v) is 6.83. The van der Waals surface area contributed by atoms with Crippen LogP contribution < -0.4 is 9.47 Å². The SMILES string of the molecule is CCOc1nccc2c1C(c1ccc(C#N)cc1OC)C(C(=O)OCCC#N)C(C)=N2. The van der Waals surface area contributed by atoms with E-state index in [9.17, 15) is 10.1 Å². The molecular weight excluding hydrogens is 396 g/mol. The number of benzene rings is 1. The van der Waals surface area contributed by atoms with Crippen molar-refractivity contribution in [2.75, 3.05) is 20.3 Å². The molecule has 0 aliphatic carbocycles. The maximum Gasteiger partial charge on any atom is 0.315 e. The summed E-state index contributed by atoms with van der Waals surface area (Å²) in [4.78, 5) is 22.1. The van der Waals surface area contributed by atoms with Crippen LogP contribution in [0.5, 0.6) is 11.6 Å². The fourth-order valence-corrected chi connectivity index (χ4v) is 3.72. The number of carbonyl (C=O) groups is 1. The molecule has 0 amide bonds. The molecule has 2 unspecified atom stereocenters. The van der Waals surface area contributed by atoms with E-state index in [1.807, 2.05) is 13.0 Å². The van der Waals surface area contributed by atoms with Crippen LogP contribution in [0.4, 0.5) is 5.69 Å². The molecule has 0 saturated carbocycles. The minimum atomic E-state index is -0.767. The van der Waals surface area contributed by atoms with Crippen LogP contribution in [0.15, 0.2) is 35.5 Å². The van der Waals surface area contributed by atoms with E-state index in [1.165, 1.54) is 7.11 Å². The quantitative estimate of drug-likeness (QED) is 0.497. The van der Waals surface area contributed by atoms with Gasteiger partial charge in [-0.2, -0.15) is 10.5 Å². The van der Waals surface area contributed by atoms with E-state index in [2.05, 4.69) is 16.0 Å². The van der Waals surface area contributed by atoms with Crippen molar-refractivity contribution in [3.05, 3.63) is 47.2 Å². The number of nitriles is 2. The normalized spacial score (nSPS) is 16.9. The second kappa shape index (κ2) is 9.73. The third-order valence-corrected chi connectivity index (χ3v) is 5.01. The van der Waals surface area contributed by atoms with Crippen molar-refractivity contribution in [2.24, 2.45) is 10.9 Å². The Morgan fingerprint density at radius 1 is 1.26 bits per heavy atom. The van der Waals surface area contributed by atoms with Gasteiger partial charge in [0.05, 0.1) is 43.5 Å². The largest absolute Gasteiger partial charge is 0.496 e. The number of carbonyl (C=O) groups excluding carboxylic acids is 1. The maximum atomic E-state index is 13.1. The Balaban J connectivity index is 2.22. The molecule has 2 atom stereocenters. The number of nitrogens with zero attached hydrogens (tertiary/aromatic N) is 4. The standard InChI is InChI=1S/C23H22N4O4/c1-4-30-22-21-17(8-10-26-22)27-14(2)19(23(28)31-11-5-9-24)20(21)16-7-6-15(13-25)12-18(16)29-3/h6-8,10,12,19-20H,4-5,11H2,1-3H3.